The minimum absolute atomic E-state index is 0.203. The van der Waals surface area contributed by atoms with Crippen LogP contribution in [0.4, 0.5) is 5.69 Å². The molecule has 2 aliphatic rings. The average Bonchev–Trinajstić information content (AvgIpc) is 2.71. The van der Waals surface area contributed by atoms with Crippen molar-refractivity contribution in [1.82, 2.24) is 4.90 Å². The number of hydrogen-bond acceptors (Lipinski definition) is 4. The van der Waals surface area contributed by atoms with Gasteiger partial charge < -0.3 is 10.6 Å². The molecule has 0 unspecified atom stereocenters. The van der Waals surface area contributed by atoms with Gasteiger partial charge >= 0.3 is 0 Å². The van der Waals surface area contributed by atoms with E-state index < -0.39 is 10.0 Å². The standard InChI is InChI=1S/C20H21N3O4S/c21-20(25)14-9-11-22(12-10-14)19(24)13-23-17-7-3-1-5-15(17)16-6-2-4-8-18(16)28(23,26)27/h1-8,14H,9-13H2,(H2,21,25). The summed E-state index contributed by atoms with van der Waals surface area (Å²) >= 11 is 0. The normalized spacial score (nSPS) is 18.3. The molecule has 0 bridgehead atoms. The Hall–Kier alpha value is -2.87. The number of nitrogens with zero attached hydrogens (tertiary/aromatic N) is 2. The van der Waals surface area contributed by atoms with Crippen LogP contribution in [0.3, 0.4) is 0 Å². The predicted octanol–water partition coefficient (Wildman–Crippen LogP) is 1.59. The first kappa shape index (κ1) is 18.5. The topological polar surface area (TPSA) is 101 Å². The fourth-order valence-electron chi connectivity index (χ4n) is 3.89. The molecule has 2 aromatic rings. The van der Waals surface area contributed by atoms with Crippen molar-refractivity contribution < 1.29 is 18.0 Å². The molecule has 2 aliphatic heterocycles. The number of nitrogens with two attached hydrogens (primary N) is 1. The van der Waals surface area contributed by atoms with Gasteiger partial charge in [0.15, 0.2) is 0 Å². The molecule has 0 spiro atoms. The molecule has 2 amide bonds. The average molecular weight is 399 g/mol. The molecule has 0 saturated carbocycles. The Bertz CT molecular complexity index is 1040. The summed E-state index contributed by atoms with van der Waals surface area (Å²) in [5, 5.41) is 0. The van der Waals surface area contributed by atoms with Crippen LogP contribution < -0.4 is 10.0 Å². The number of hydrogen-bond donors (Lipinski definition) is 1. The number of carbonyl (C=O) groups is 2. The van der Waals surface area contributed by atoms with Crippen molar-refractivity contribution >= 4 is 27.5 Å². The second-order valence-corrected chi connectivity index (χ2v) is 8.91. The lowest BCUT2D eigenvalue weighted by atomic mass is 9.96. The van der Waals surface area contributed by atoms with Gasteiger partial charge in [-0.3, -0.25) is 13.9 Å². The summed E-state index contributed by atoms with van der Waals surface area (Å²) in [7, 11) is -3.84. The third-order valence-corrected chi connectivity index (χ3v) is 7.26. The maximum absolute atomic E-state index is 13.2. The molecule has 1 fully saturated rings. The Balaban J connectivity index is 1.63. The van der Waals surface area contributed by atoms with E-state index in [-0.39, 0.29) is 29.2 Å². The fourth-order valence-corrected chi connectivity index (χ4v) is 5.53. The number of rotatable bonds is 3. The smallest absolute Gasteiger partial charge is 0.265 e. The molecule has 2 N–H and O–H groups in total. The van der Waals surface area contributed by atoms with Gasteiger partial charge in [0, 0.05) is 30.1 Å². The zero-order valence-corrected chi connectivity index (χ0v) is 16.1. The van der Waals surface area contributed by atoms with Gasteiger partial charge in [-0.05, 0) is 25.0 Å². The summed E-state index contributed by atoms with van der Waals surface area (Å²) in [5.41, 5.74) is 7.27. The highest BCUT2D eigenvalue weighted by Crippen LogP contribution is 2.42. The number of anilines is 1. The van der Waals surface area contributed by atoms with Crippen LogP contribution in [0.1, 0.15) is 12.8 Å². The Kier molecular flexibility index (Phi) is 4.58. The van der Waals surface area contributed by atoms with Crippen LogP contribution in [0.15, 0.2) is 53.4 Å². The number of carbonyl (C=O) groups excluding carboxylic acids is 2. The second-order valence-electron chi connectivity index (χ2n) is 7.08. The van der Waals surface area contributed by atoms with Crippen molar-refractivity contribution in [3.8, 4) is 11.1 Å². The Morgan fingerprint density at radius 1 is 0.964 bits per heavy atom. The van der Waals surface area contributed by atoms with E-state index in [4.69, 9.17) is 5.73 Å². The molecule has 1 saturated heterocycles. The lowest BCUT2D eigenvalue weighted by Gasteiger charge is -2.35. The molecule has 7 nitrogen and oxygen atoms in total. The molecule has 2 aromatic carbocycles. The van der Waals surface area contributed by atoms with E-state index in [0.29, 0.717) is 37.2 Å². The van der Waals surface area contributed by atoms with Crippen LogP contribution >= 0.6 is 0 Å². The van der Waals surface area contributed by atoms with E-state index in [0.717, 1.165) is 5.56 Å². The molecule has 0 aromatic heterocycles. The minimum atomic E-state index is -3.84. The van der Waals surface area contributed by atoms with Crippen LogP contribution in [-0.2, 0) is 19.6 Å². The SMILES string of the molecule is NC(=O)C1CCN(C(=O)CN2c3ccccc3-c3ccccc3S2(=O)=O)CC1. The van der Waals surface area contributed by atoms with E-state index in [1.165, 1.54) is 4.31 Å². The summed E-state index contributed by atoms with van der Waals surface area (Å²) in [4.78, 5) is 26.0. The molecule has 0 aliphatic carbocycles. The summed E-state index contributed by atoms with van der Waals surface area (Å²) in [5.74, 6) is -0.854. The first-order valence-electron chi connectivity index (χ1n) is 9.18. The quantitative estimate of drug-likeness (QED) is 0.847. The number of likely N-dealkylation sites (tertiary alicyclic amines) is 1. The van der Waals surface area contributed by atoms with Gasteiger partial charge in [0.1, 0.15) is 6.54 Å². The number of amides is 2. The largest absolute Gasteiger partial charge is 0.369 e. The highest BCUT2D eigenvalue weighted by atomic mass is 32.2. The van der Waals surface area contributed by atoms with Gasteiger partial charge in [-0.15, -0.1) is 0 Å². The van der Waals surface area contributed by atoms with Crippen LogP contribution in [0.25, 0.3) is 11.1 Å². The molecule has 28 heavy (non-hydrogen) atoms. The number of sulfonamides is 1. The minimum Gasteiger partial charge on any atom is -0.369 e. The highest BCUT2D eigenvalue weighted by Gasteiger charge is 2.37. The summed E-state index contributed by atoms with van der Waals surface area (Å²) < 4.78 is 27.6. The van der Waals surface area contributed by atoms with Crippen molar-refractivity contribution in [2.75, 3.05) is 23.9 Å². The molecular weight excluding hydrogens is 378 g/mol. The van der Waals surface area contributed by atoms with Crippen molar-refractivity contribution in [2.24, 2.45) is 11.7 Å². The number of fused-ring (bicyclic) bond motifs is 3. The Labute approximate surface area is 163 Å². The third-order valence-electron chi connectivity index (χ3n) is 5.45. The molecule has 8 heteroatoms. The fraction of sp³-hybridized carbons (Fsp3) is 0.300. The molecule has 146 valence electrons. The van der Waals surface area contributed by atoms with E-state index >= 15 is 0 Å². The van der Waals surface area contributed by atoms with E-state index in [9.17, 15) is 18.0 Å². The molecule has 2 heterocycles. The lowest BCUT2D eigenvalue weighted by Crippen LogP contribution is -2.47. The molecule has 0 radical (unpaired) electrons. The third kappa shape index (κ3) is 3.03. The Morgan fingerprint density at radius 3 is 2.25 bits per heavy atom. The van der Waals surface area contributed by atoms with Gasteiger partial charge in [0.2, 0.25) is 11.8 Å². The first-order chi connectivity index (χ1) is 13.4. The van der Waals surface area contributed by atoms with E-state index in [1.807, 2.05) is 12.1 Å². The summed E-state index contributed by atoms with van der Waals surface area (Å²) in [6, 6.07) is 14.0. The second kappa shape index (κ2) is 6.94. The van der Waals surface area contributed by atoms with Gasteiger partial charge in [-0.2, -0.15) is 0 Å². The van der Waals surface area contributed by atoms with Crippen LogP contribution in [-0.4, -0.2) is 44.8 Å². The van der Waals surface area contributed by atoms with Crippen molar-refractivity contribution in [3.05, 3.63) is 48.5 Å². The number of piperidine rings is 1. The maximum Gasteiger partial charge on any atom is 0.265 e. The lowest BCUT2D eigenvalue weighted by molar-refractivity contribution is -0.133. The van der Waals surface area contributed by atoms with E-state index in [2.05, 4.69) is 0 Å². The van der Waals surface area contributed by atoms with Gasteiger partial charge in [-0.25, -0.2) is 8.42 Å². The zero-order chi connectivity index (χ0) is 19.9. The zero-order valence-electron chi connectivity index (χ0n) is 15.2. The van der Waals surface area contributed by atoms with Crippen LogP contribution in [0.2, 0.25) is 0 Å². The maximum atomic E-state index is 13.2. The monoisotopic (exact) mass is 399 g/mol. The van der Waals surface area contributed by atoms with Crippen LogP contribution in [0, 0.1) is 5.92 Å². The van der Waals surface area contributed by atoms with Gasteiger partial charge in [0.05, 0.1) is 10.6 Å². The summed E-state index contributed by atoms with van der Waals surface area (Å²) in [6.45, 7) is 0.534. The highest BCUT2D eigenvalue weighted by molar-refractivity contribution is 7.93. The van der Waals surface area contributed by atoms with Gasteiger partial charge in [-0.1, -0.05) is 36.4 Å². The van der Waals surface area contributed by atoms with Crippen molar-refractivity contribution in [1.29, 1.82) is 0 Å². The molecule has 0 atom stereocenters. The van der Waals surface area contributed by atoms with Gasteiger partial charge in [0.25, 0.3) is 10.0 Å². The van der Waals surface area contributed by atoms with Crippen molar-refractivity contribution in [2.45, 2.75) is 17.7 Å². The van der Waals surface area contributed by atoms with Crippen LogP contribution in [0.5, 0.6) is 0 Å². The van der Waals surface area contributed by atoms with Crippen molar-refractivity contribution in [3.63, 3.8) is 0 Å². The molecular formula is C20H21N3O4S. The summed E-state index contributed by atoms with van der Waals surface area (Å²) in [6.07, 6.45) is 1.01. The number of primary amides is 1. The van der Waals surface area contributed by atoms with E-state index in [1.54, 1.807) is 41.3 Å². The number of benzene rings is 2. The Morgan fingerprint density at radius 2 is 1.57 bits per heavy atom. The predicted molar refractivity (Wildman–Crippen MR) is 105 cm³/mol. The molecule has 4 rings (SSSR count). The number of para-hydroxylation sites is 1. The first-order valence-corrected chi connectivity index (χ1v) is 10.6.